The van der Waals surface area contributed by atoms with Gasteiger partial charge in [0.15, 0.2) is 0 Å². The van der Waals surface area contributed by atoms with Gasteiger partial charge in [0.2, 0.25) is 5.88 Å². The summed E-state index contributed by atoms with van der Waals surface area (Å²) in [6, 6.07) is 15.6. The van der Waals surface area contributed by atoms with Crippen molar-refractivity contribution in [1.29, 1.82) is 0 Å². The Morgan fingerprint density at radius 2 is 1.90 bits per heavy atom. The number of hydrogen-bond acceptors (Lipinski definition) is 3. The lowest BCUT2D eigenvalue weighted by Crippen LogP contribution is -1.99. The van der Waals surface area contributed by atoms with Gasteiger partial charge in [-0.25, -0.2) is 9.37 Å². The van der Waals surface area contributed by atoms with Gasteiger partial charge >= 0.3 is 0 Å². The molecule has 0 bridgehead atoms. The summed E-state index contributed by atoms with van der Waals surface area (Å²) in [6.07, 6.45) is 0. The van der Waals surface area contributed by atoms with Crippen molar-refractivity contribution in [1.82, 2.24) is 4.98 Å². The molecule has 0 saturated carbocycles. The molecule has 0 fully saturated rings. The lowest BCUT2D eigenvalue weighted by Gasteiger charge is -2.07. The highest BCUT2D eigenvalue weighted by molar-refractivity contribution is 5.82. The Kier molecular flexibility index (Phi) is 3.21. The van der Waals surface area contributed by atoms with Gasteiger partial charge in [-0.3, -0.25) is 0 Å². The van der Waals surface area contributed by atoms with Crippen molar-refractivity contribution in [3.63, 3.8) is 0 Å². The fourth-order valence-electron chi connectivity index (χ4n) is 1.97. The number of ether oxygens (including phenoxy) is 1. The Labute approximate surface area is 115 Å². The zero-order valence-electron chi connectivity index (χ0n) is 10.7. The molecule has 100 valence electrons. The van der Waals surface area contributed by atoms with Crippen LogP contribution in [0.3, 0.4) is 0 Å². The number of halogens is 1. The summed E-state index contributed by atoms with van der Waals surface area (Å²) in [5.41, 5.74) is 7.71. The van der Waals surface area contributed by atoms with Crippen LogP contribution in [-0.4, -0.2) is 4.98 Å². The highest BCUT2D eigenvalue weighted by Gasteiger charge is 2.03. The lowest BCUT2D eigenvalue weighted by atomic mass is 10.2. The number of anilines is 1. The van der Waals surface area contributed by atoms with Crippen LogP contribution in [0.15, 0.2) is 54.6 Å². The second-order valence-electron chi connectivity index (χ2n) is 4.48. The topological polar surface area (TPSA) is 48.1 Å². The van der Waals surface area contributed by atoms with Crippen LogP contribution in [-0.2, 0) is 6.61 Å². The van der Waals surface area contributed by atoms with Crippen LogP contribution in [0.5, 0.6) is 5.88 Å². The minimum absolute atomic E-state index is 0.153. The quantitative estimate of drug-likeness (QED) is 0.739. The average Bonchev–Trinajstić information content (AvgIpc) is 2.46. The van der Waals surface area contributed by atoms with Crippen LogP contribution in [0.4, 0.5) is 10.1 Å². The van der Waals surface area contributed by atoms with Gasteiger partial charge in [0, 0.05) is 22.7 Å². The smallest absolute Gasteiger partial charge is 0.214 e. The molecule has 3 aromatic rings. The molecule has 0 aliphatic heterocycles. The van der Waals surface area contributed by atoms with Crippen molar-refractivity contribution < 1.29 is 9.13 Å². The van der Waals surface area contributed by atoms with Crippen molar-refractivity contribution in [2.75, 3.05) is 5.73 Å². The van der Waals surface area contributed by atoms with Crippen molar-refractivity contribution in [2.24, 2.45) is 0 Å². The van der Waals surface area contributed by atoms with Crippen LogP contribution in [0.1, 0.15) is 5.56 Å². The van der Waals surface area contributed by atoms with Crippen LogP contribution in [0.2, 0.25) is 0 Å². The molecule has 4 heteroatoms. The monoisotopic (exact) mass is 268 g/mol. The average molecular weight is 268 g/mol. The second-order valence-corrected chi connectivity index (χ2v) is 4.48. The van der Waals surface area contributed by atoms with Gasteiger partial charge in [-0.15, -0.1) is 0 Å². The number of benzene rings is 2. The first-order valence-corrected chi connectivity index (χ1v) is 6.25. The standard InChI is InChI=1S/C16H13FN2O/c17-14-4-2-1-3-12(14)10-20-16-8-5-11-9-13(18)6-7-15(11)19-16/h1-9H,10,18H2. The molecular weight excluding hydrogens is 255 g/mol. The van der Waals surface area contributed by atoms with Gasteiger partial charge in [-0.1, -0.05) is 18.2 Å². The van der Waals surface area contributed by atoms with Gasteiger partial charge in [0.25, 0.3) is 0 Å². The Balaban J connectivity index is 1.81. The first-order valence-electron chi connectivity index (χ1n) is 6.25. The van der Waals surface area contributed by atoms with Gasteiger partial charge in [-0.05, 0) is 30.3 Å². The molecule has 0 aliphatic carbocycles. The molecule has 3 rings (SSSR count). The molecule has 1 heterocycles. The number of nitrogen functional groups attached to an aromatic ring is 1. The summed E-state index contributed by atoms with van der Waals surface area (Å²) in [7, 11) is 0. The van der Waals surface area contributed by atoms with E-state index in [0.717, 1.165) is 10.9 Å². The Morgan fingerprint density at radius 3 is 2.75 bits per heavy atom. The first-order chi connectivity index (χ1) is 9.72. The van der Waals surface area contributed by atoms with E-state index in [2.05, 4.69) is 4.98 Å². The summed E-state index contributed by atoms with van der Waals surface area (Å²) in [5, 5.41) is 0.947. The Hall–Kier alpha value is -2.62. The number of fused-ring (bicyclic) bond motifs is 1. The fraction of sp³-hybridized carbons (Fsp3) is 0.0625. The highest BCUT2D eigenvalue weighted by Crippen LogP contribution is 2.20. The fourth-order valence-corrected chi connectivity index (χ4v) is 1.97. The van der Waals surface area contributed by atoms with Gasteiger partial charge < -0.3 is 10.5 Å². The van der Waals surface area contributed by atoms with E-state index in [1.54, 1.807) is 30.3 Å². The van der Waals surface area contributed by atoms with Crippen molar-refractivity contribution in [3.05, 3.63) is 66.0 Å². The largest absolute Gasteiger partial charge is 0.473 e. The molecule has 0 radical (unpaired) electrons. The normalized spacial score (nSPS) is 10.7. The lowest BCUT2D eigenvalue weighted by molar-refractivity contribution is 0.289. The molecule has 0 saturated heterocycles. The van der Waals surface area contributed by atoms with E-state index in [1.165, 1.54) is 6.07 Å². The van der Waals surface area contributed by atoms with Crippen molar-refractivity contribution in [2.45, 2.75) is 6.61 Å². The van der Waals surface area contributed by atoms with Crippen LogP contribution >= 0.6 is 0 Å². The van der Waals surface area contributed by atoms with E-state index in [1.807, 2.05) is 18.2 Å². The number of hydrogen-bond donors (Lipinski definition) is 1. The van der Waals surface area contributed by atoms with E-state index >= 15 is 0 Å². The van der Waals surface area contributed by atoms with Crippen molar-refractivity contribution in [3.8, 4) is 5.88 Å². The third-order valence-electron chi connectivity index (χ3n) is 3.02. The Morgan fingerprint density at radius 1 is 1.05 bits per heavy atom. The molecule has 0 amide bonds. The second kappa shape index (κ2) is 5.17. The summed E-state index contributed by atoms with van der Waals surface area (Å²) >= 11 is 0. The maximum atomic E-state index is 13.5. The molecule has 20 heavy (non-hydrogen) atoms. The third kappa shape index (κ3) is 2.54. The van der Waals surface area contributed by atoms with Gasteiger partial charge in [0.1, 0.15) is 12.4 Å². The summed E-state index contributed by atoms with van der Waals surface area (Å²) < 4.78 is 19.0. The zero-order valence-corrected chi connectivity index (χ0v) is 10.7. The number of aromatic nitrogens is 1. The highest BCUT2D eigenvalue weighted by atomic mass is 19.1. The molecule has 0 atom stereocenters. The summed E-state index contributed by atoms with van der Waals surface area (Å²) in [6.45, 7) is 0.153. The van der Waals surface area contributed by atoms with E-state index in [-0.39, 0.29) is 12.4 Å². The maximum absolute atomic E-state index is 13.5. The molecule has 0 spiro atoms. The predicted octanol–water partition coefficient (Wildman–Crippen LogP) is 3.54. The number of nitrogens with zero attached hydrogens (tertiary/aromatic N) is 1. The predicted molar refractivity (Wildman–Crippen MR) is 76.9 cm³/mol. The van der Waals surface area contributed by atoms with E-state index < -0.39 is 0 Å². The maximum Gasteiger partial charge on any atom is 0.214 e. The number of nitrogens with two attached hydrogens (primary N) is 1. The van der Waals surface area contributed by atoms with Crippen LogP contribution in [0.25, 0.3) is 10.9 Å². The summed E-state index contributed by atoms with van der Waals surface area (Å²) in [4.78, 5) is 4.36. The molecule has 1 aromatic heterocycles. The van der Waals surface area contributed by atoms with Crippen LogP contribution in [0, 0.1) is 5.82 Å². The van der Waals surface area contributed by atoms with Crippen molar-refractivity contribution >= 4 is 16.6 Å². The number of rotatable bonds is 3. The number of pyridine rings is 1. The first kappa shape index (κ1) is 12.4. The molecule has 3 nitrogen and oxygen atoms in total. The van der Waals surface area contributed by atoms with Gasteiger partial charge in [-0.2, -0.15) is 0 Å². The zero-order chi connectivity index (χ0) is 13.9. The molecule has 0 unspecified atom stereocenters. The SMILES string of the molecule is Nc1ccc2nc(OCc3ccccc3F)ccc2c1. The molecule has 0 aliphatic rings. The third-order valence-corrected chi connectivity index (χ3v) is 3.02. The minimum atomic E-state index is -0.277. The minimum Gasteiger partial charge on any atom is -0.473 e. The van der Waals surface area contributed by atoms with Gasteiger partial charge in [0.05, 0.1) is 5.52 Å². The van der Waals surface area contributed by atoms with E-state index in [4.69, 9.17) is 10.5 Å². The molecule has 2 aromatic carbocycles. The van der Waals surface area contributed by atoms with Crippen LogP contribution < -0.4 is 10.5 Å². The van der Waals surface area contributed by atoms with E-state index in [9.17, 15) is 4.39 Å². The van der Waals surface area contributed by atoms with E-state index in [0.29, 0.717) is 17.1 Å². The molecular formula is C16H13FN2O. The Bertz CT molecular complexity index is 758. The summed E-state index contributed by atoms with van der Waals surface area (Å²) in [5.74, 6) is 0.187. The molecule has 2 N–H and O–H groups in total.